The fourth-order valence-corrected chi connectivity index (χ4v) is 12.5. The summed E-state index contributed by atoms with van der Waals surface area (Å²) >= 11 is 0. The third-order valence-corrected chi connectivity index (χ3v) is 17.4. The van der Waals surface area contributed by atoms with Crippen LogP contribution in [0.15, 0.2) is 334 Å². The Bertz CT molecular complexity index is 5890. The van der Waals surface area contributed by atoms with Gasteiger partial charge in [-0.1, -0.05) is 188 Å². The highest BCUT2D eigenvalue weighted by atomic mass is 15.1. The van der Waals surface area contributed by atoms with Gasteiger partial charge >= 0.3 is 0 Å². The van der Waals surface area contributed by atoms with Gasteiger partial charge < -0.3 is 0 Å². The lowest BCUT2D eigenvalue weighted by Gasteiger charge is -2.11. The first-order chi connectivity index (χ1) is 48.0. The Hall–Kier alpha value is -13.4. The Morgan fingerprint density at radius 3 is 1.03 bits per heavy atom. The van der Waals surface area contributed by atoms with Crippen LogP contribution in [0.1, 0.15) is 0 Å². The molecule has 0 saturated carbocycles. The lowest BCUT2D eigenvalue weighted by molar-refractivity contribution is 1.07. The van der Waals surface area contributed by atoms with Crippen molar-refractivity contribution in [3.8, 4) is 119 Å². The maximum absolute atomic E-state index is 5.08. The summed E-state index contributed by atoms with van der Waals surface area (Å²) in [7, 11) is 0. The van der Waals surface area contributed by atoms with Crippen molar-refractivity contribution in [1.29, 1.82) is 0 Å². The minimum atomic E-state index is 0.614. The van der Waals surface area contributed by atoms with E-state index in [1.807, 2.05) is 133 Å². The highest BCUT2D eigenvalue weighted by molar-refractivity contribution is 5.93. The zero-order valence-electron chi connectivity index (χ0n) is 52.2. The second-order valence-electron chi connectivity index (χ2n) is 23.6. The fraction of sp³-hybridized carbons (Fsp3) is 0. The molecule has 0 bridgehead atoms. The number of rotatable bonds is 11. The second-order valence-corrected chi connectivity index (χ2v) is 23.6. The Morgan fingerprint density at radius 2 is 0.567 bits per heavy atom. The minimum Gasteiger partial charge on any atom is -0.292 e. The Labute approximate surface area is 558 Å². The van der Waals surface area contributed by atoms with Gasteiger partial charge in [-0.15, -0.1) is 0 Å². The van der Waals surface area contributed by atoms with E-state index >= 15 is 0 Å². The van der Waals surface area contributed by atoms with E-state index in [0.717, 1.165) is 156 Å². The molecule has 0 aliphatic heterocycles. The molecule has 454 valence electrons. The third-order valence-electron chi connectivity index (χ3n) is 17.4. The Balaban J connectivity index is 0.000000147. The monoisotopic (exact) mass is 1240 g/mol. The van der Waals surface area contributed by atoms with Gasteiger partial charge in [0.15, 0.2) is 17.5 Å². The minimum absolute atomic E-state index is 0.614. The quantitative estimate of drug-likeness (QED) is 0.123. The summed E-state index contributed by atoms with van der Waals surface area (Å²) in [6.45, 7) is 0. The van der Waals surface area contributed by atoms with Crippen molar-refractivity contribution in [1.82, 2.24) is 54.4 Å². The molecule has 8 heterocycles. The van der Waals surface area contributed by atoms with Crippen LogP contribution in [0.25, 0.3) is 173 Å². The Kier molecular flexibility index (Phi) is 15.0. The molecule has 0 fully saturated rings. The zero-order chi connectivity index (χ0) is 64.4. The molecule has 11 nitrogen and oxygen atoms in total. The standard InChI is InChI=1S/C44H28N6.C42H27N5/c1-3-10-29(11-4-1)42-48-43(30-12-5-2-6-13-30)50-44(49-42)36-15-9-14-33(28-36)37-23-19-34-26-31(17-21-38(34)46-37)32-18-22-39-35(27-32)20-24-41(47-39)40-16-7-8-25-45-40;1-2-11-34(12-3-1)47-41-15-5-4-14-40(41)46-42(47)33-10-8-9-30(27-33)35-22-18-31-25-28(16-20-36(31)44-35)29-17-21-37-32(26-29)19-23-39(45-37)38-13-6-7-24-43-38/h1-28H;1-27H. The van der Waals surface area contributed by atoms with E-state index in [1.54, 1.807) is 12.4 Å². The number of imidazole rings is 1. The Morgan fingerprint density at radius 1 is 0.196 bits per heavy atom. The van der Waals surface area contributed by atoms with Crippen LogP contribution in [0.4, 0.5) is 0 Å². The smallest absolute Gasteiger partial charge is 0.164 e. The molecule has 0 spiro atoms. The molecule has 0 aliphatic carbocycles. The van der Waals surface area contributed by atoms with Crippen LogP contribution < -0.4 is 0 Å². The van der Waals surface area contributed by atoms with Crippen LogP contribution in [0.5, 0.6) is 0 Å². The largest absolute Gasteiger partial charge is 0.292 e. The van der Waals surface area contributed by atoms with Gasteiger partial charge in [0.1, 0.15) is 5.82 Å². The van der Waals surface area contributed by atoms with E-state index in [0.29, 0.717) is 17.5 Å². The van der Waals surface area contributed by atoms with E-state index in [-0.39, 0.29) is 0 Å². The van der Waals surface area contributed by atoms with Crippen LogP contribution in [-0.4, -0.2) is 54.4 Å². The molecule has 8 aromatic heterocycles. The van der Waals surface area contributed by atoms with Crippen LogP contribution in [0.2, 0.25) is 0 Å². The topological polar surface area (TPSA) is 134 Å². The van der Waals surface area contributed by atoms with E-state index in [9.17, 15) is 0 Å². The average molecular weight is 1240 g/mol. The molecule has 0 amide bonds. The normalized spacial score (nSPS) is 11.3. The molecule has 0 unspecified atom stereocenters. The maximum atomic E-state index is 5.08. The van der Waals surface area contributed by atoms with Crippen molar-refractivity contribution >= 4 is 54.6 Å². The van der Waals surface area contributed by atoms with E-state index < -0.39 is 0 Å². The van der Waals surface area contributed by atoms with Gasteiger partial charge in [-0.25, -0.2) is 39.9 Å². The van der Waals surface area contributed by atoms with Crippen molar-refractivity contribution in [2.45, 2.75) is 0 Å². The molecule has 18 aromatic rings. The number of pyridine rings is 6. The van der Waals surface area contributed by atoms with Crippen molar-refractivity contribution in [3.63, 3.8) is 0 Å². The van der Waals surface area contributed by atoms with Crippen LogP contribution in [0.3, 0.4) is 0 Å². The predicted molar refractivity (Wildman–Crippen MR) is 392 cm³/mol. The molecular weight excluding hydrogens is 1190 g/mol. The zero-order valence-corrected chi connectivity index (χ0v) is 52.2. The number of para-hydroxylation sites is 3. The van der Waals surface area contributed by atoms with Crippen molar-refractivity contribution in [2.24, 2.45) is 0 Å². The fourth-order valence-electron chi connectivity index (χ4n) is 12.5. The van der Waals surface area contributed by atoms with Gasteiger partial charge in [-0.05, 0) is 156 Å². The molecule has 0 radical (unpaired) electrons. The lowest BCUT2D eigenvalue weighted by atomic mass is 10.0. The van der Waals surface area contributed by atoms with Crippen LogP contribution in [0, 0.1) is 0 Å². The first kappa shape index (κ1) is 57.5. The highest BCUT2D eigenvalue weighted by Gasteiger charge is 2.18. The first-order valence-corrected chi connectivity index (χ1v) is 32.1. The summed E-state index contributed by atoms with van der Waals surface area (Å²) in [5, 5.41) is 4.35. The van der Waals surface area contributed by atoms with Gasteiger partial charge in [0.25, 0.3) is 0 Å². The molecule has 0 atom stereocenters. The number of hydrogen-bond acceptors (Lipinski definition) is 10. The van der Waals surface area contributed by atoms with Gasteiger partial charge in [0.2, 0.25) is 0 Å². The molecule has 0 N–H and O–H groups in total. The van der Waals surface area contributed by atoms with Gasteiger partial charge in [-0.2, -0.15) is 0 Å². The number of nitrogens with zero attached hydrogens (tertiary/aromatic N) is 11. The van der Waals surface area contributed by atoms with Crippen LogP contribution in [-0.2, 0) is 0 Å². The molecule has 97 heavy (non-hydrogen) atoms. The van der Waals surface area contributed by atoms with Crippen molar-refractivity contribution in [3.05, 3.63) is 334 Å². The average Bonchev–Trinajstić information content (AvgIpc) is 1.71. The maximum Gasteiger partial charge on any atom is 0.164 e. The van der Waals surface area contributed by atoms with Gasteiger partial charge in [0.05, 0.1) is 67.3 Å². The highest BCUT2D eigenvalue weighted by Crippen LogP contribution is 2.36. The predicted octanol–water partition coefficient (Wildman–Crippen LogP) is 20.5. The van der Waals surface area contributed by atoms with E-state index in [4.69, 9.17) is 39.9 Å². The number of fused-ring (bicyclic) bond motifs is 5. The van der Waals surface area contributed by atoms with Gasteiger partial charge in [0, 0.05) is 73.0 Å². The number of benzene rings is 10. The summed E-state index contributed by atoms with van der Waals surface area (Å²) in [5.74, 6) is 2.79. The first-order valence-electron chi connectivity index (χ1n) is 32.1. The summed E-state index contributed by atoms with van der Waals surface area (Å²) in [5.41, 5.74) is 22.6. The lowest BCUT2D eigenvalue weighted by Crippen LogP contribution is -2.00. The van der Waals surface area contributed by atoms with E-state index in [2.05, 4.69) is 203 Å². The SMILES string of the molecule is c1ccc(-c2nc(-c3ccccc3)nc(-c3cccc(-c4ccc5cc(-c6ccc7nc(-c8ccccn8)ccc7c6)ccc5n4)c3)n2)cc1.c1ccc(-n2c(-c3cccc(-c4ccc5cc(-c6ccc7nc(-c8ccccn8)ccc7c6)ccc5n4)c3)nc3ccccc32)cc1. The molecular formula is C86H55N11. The molecule has 18 rings (SSSR count). The molecule has 0 aliphatic rings. The van der Waals surface area contributed by atoms with Crippen LogP contribution >= 0.6 is 0 Å². The second kappa shape index (κ2) is 25.3. The summed E-state index contributed by atoms with van der Waals surface area (Å²) < 4.78 is 2.23. The molecule has 0 saturated heterocycles. The third kappa shape index (κ3) is 11.8. The summed E-state index contributed by atoms with van der Waals surface area (Å²) in [6.07, 6.45) is 3.59. The number of hydrogen-bond donors (Lipinski definition) is 0. The molecule has 11 heteroatoms. The summed E-state index contributed by atoms with van der Waals surface area (Å²) in [6, 6.07) is 110. The summed E-state index contributed by atoms with van der Waals surface area (Å²) in [4.78, 5) is 48.4. The van der Waals surface area contributed by atoms with Crippen molar-refractivity contribution in [2.75, 3.05) is 0 Å². The van der Waals surface area contributed by atoms with E-state index in [1.165, 1.54) is 0 Å². The van der Waals surface area contributed by atoms with Gasteiger partial charge in [-0.3, -0.25) is 14.5 Å². The molecule has 10 aromatic carbocycles. The van der Waals surface area contributed by atoms with Crippen molar-refractivity contribution < 1.29 is 0 Å². The number of aromatic nitrogens is 11.